The van der Waals surface area contributed by atoms with Gasteiger partial charge in [0.15, 0.2) is 5.13 Å². The number of hydrogen-bond acceptors (Lipinski definition) is 8. The number of aryl methyl sites for hydroxylation is 2. The van der Waals surface area contributed by atoms with Crippen LogP contribution in [0.3, 0.4) is 0 Å². The van der Waals surface area contributed by atoms with E-state index in [4.69, 9.17) is 4.98 Å². The summed E-state index contributed by atoms with van der Waals surface area (Å²) >= 11 is 1.61. The minimum absolute atomic E-state index is 0.594. The quantitative estimate of drug-likeness (QED) is 0.611. The maximum absolute atomic E-state index is 4.79. The van der Waals surface area contributed by atoms with E-state index in [2.05, 4.69) is 49.0 Å². The van der Waals surface area contributed by atoms with Crippen LogP contribution in [0.15, 0.2) is 30.5 Å². The molecular weight excluding hydrogens is 370 g/mol. The van der Waals surface area contributed by atoms with Crippen LogP contribution >= 0.6 is 11.3 Å². The van der Waals surface area contributed by atoms with Crippen molar-refractivity contribution >= 4 is 33.8 Å². The van der Waals surface area contributed by atoms with Crippen molar-refractivity contribution in [1.82, 2.24) is 20.3 Å². The molecule has 0 spiro atoms. The average molecular weight is 396 g/mol. The highest BCUT2D eigenvalue weighted by molar-refractivity contribution is 7.19. The van der Waals surface area contributed by atoms with Gasteiger partial charge in [0.1, 0.15) is 0 Å². The van der Waals surface area contributed by atoms with Crippen LogP contribution in [0.25, 0.3) is 10.6 Å². The van der Waals surface area contributed by atoms with Crippen LogP contribution in [0, 0.1) is 13.8 Å². The van der Waals surface area contributed by atoms with Crippen LogP contribution in [0.4, 0.5) is 22.5 Å². The second-order valence-electron chi connectivity index (χ2n) is 6.82. The lowest BCUT2D eigenvalue weighted by atomic mass is 10.2. The standard InChI is InChI=1S/C20H25N7S/c1-13-12-23-19(26-17(13)18-14(2)24-20(21-3)28-18)25-15-5-4-6-16(11-15)27-9-7-22-8-10-27/h4-6,11-12,22H,7-10H2,1-3H3,(H,21,24)(H,23,25,26). The molecule has 0 bridgehead atoms. The van der Waals surface area contributed by atoms with Crippen LogP contribution in [-0.2, 0) is 0 Å². The number of hydrogen-bond donors (Lipinski definition) is 3. The number of anilines is 4. The van der Waals surface area contributed by atoms with Crippen molar-refractivity contribution < 1.29 is 0 Å². The van der Waals surface area contributed by atoms with Crippen LogP contribution < -0.4 is 20.9 Å². The zero-order chi connectivity index (χ0) is 19.5. The van der Waals surface area contributed by atoms with Crippen molar-refractivity contribution in [3.8, 4) is 10.6 Å². The fourth-order valence-electron chi connectivity index (χ4n) is 3.29. The van der Waals surface area contributed by atoms with E-state index in [9.17, 15) is 0 Å². The molecule has 146 valence electrons. The van der Waals surface area contributed by atoms with Crippen LogP contribution in [0.5, 0.6) is 0 Å². The van der Waals surface area contributed by atoms with Gasteiger partial charge in [-0.1, -0.05) is 17.4 Å². The van der Waals surface area contributed by atoms with Crippen molar-refractivity contribution in [2.24, 2.45) is 0 Å². The topological polar surface area (TPSA) is 78.0 Å². The molecule has 1 saturated heterocycles. The van der Waals surface area contributed by atoms with E-state index in [-0.39, 0.29) is 0 Å². The Morgan fingerprint density at radius 1 is 1.14 bits per heavy atom. The smallest absolute Gasteiger partial charge is 0.227 e. The first-order valence-electron chi connectivity index (χ1n) is 9.46. The Bertz CT molecular complexity index is 963. The van der Waals surface area contributed by atoms with Gasteiger partial charge in [0.2, 0.25) is 5.95 Å². The lowest BCUT2D eigenvalue weighted by molar-refractivity contribution is 0.589. The van der Waals surface area contributed by atoms with Crippen molar-refractivity contribution in [3.63, 3.8) is 0 Å². The van der Waals surface area contributed by atoms with Gasteiger partial charge in [0.25, 0.3) is 0 Å². The van der Waals surface area contributed by atoms with E-state index in [1.807, 2.05) is 33.2 Å². The van der Waals surface area contributed by atoms with Gasteiger partial charge in [0.05, 0.1) is 16.3 Å². The summed E-state index contributed by atoms with van der Waals surface area (Å²) in [5.74, 6) is 0.594. The number of benzene rings is 1. The monoisotopic (exact) mass is 395 g/mol. The molecule has 3 heterocycles. The van der Waals surface area contributed by atoms with E-state index in [0.29, 0.717) is 5.95 Å². The Morgan fingerprint density at radius 2 is 1.96 bits per heavy atom. The second kappa shape index (κ2) is 8.12. The first-order chi connectivity index (χ1) is 13.6. The van der Waals surface area contributed by atoms with Gasteiger partial charge in [-0.2, -0.15) is 0 Å². The Hall–Kier alpha value is -2.71. The van der Waals surface area contributed by atoms with E-state index in [0.717, 1.165) is 58.8 Å². The maximum atomic E-state index is 4.79. The normalized spacial score (nSPS) is 14.2. The van der Waals surface area contributed by atoms with Gasteiger partial charge in [0, 0.05) is 50.8 Å². The lowest BCUT2D eigenvalue weighted by Gasteiger charge is -2.29. The number of piperazine rings is 1. The van der Waals surface area contributed by atoms with Crippen molar-refractivity contribution in [2.45, 2.75) is 13.8 Å². The molecule has 1 aromatic carbocycles. The van der Waals surface area contributed by atoms with Gasteiger partial charge in [-0.15, -0.1) is 0 Å². The predicted molar refractivity (Wildman–Crippen MR) is 117 cm³/mol. The lowest BCUT2D eigenvalue weighted by Crippen LogP contribution is -2.43. The molecule has 7 nitrogen and oxygen atoms in total. The Kier molecular flexibility index (Phi) is 5.40. The molecule has 1 aliphatic heterocycles. The van der Waals surface area contributed by atoms with Gasteiger partial charge in [-0.3, -0.25) is 0 Å². The van der Waals surface area contributed by atoms with Gasteiger partial charge < -0.3 is 20.9 Å². The highest BCUT2D eigenvalue weighted by Crippen LogP contribution is 2.33. The summed E-state index contributed by atoms with van der Waals surface area (Å²) in [6.07, 6.45) is 1.86. The van der Waals surface area contributed by atoms with Crippen LogP contribution in [0.2, 0.25) is 0 Å². The molecule has 4 rings (SSSR count). The summed E-state index contributed by atoms with van der Waals surface area (Å²) in [7, 11) is 1.88. The molecule has 0 saturated carbocycles. The van der Waals surface area contributed by atoms with E-state index in [1.54, 1.807) is 11.3 Å². The molecule has 3 aromatic rings. The Balaban J connectivity index is 1.59. The van der Waals surface area contributed by atoms with Crippen LogP contribution in [0.1, 0.15) is 11.3 Å². The molecule has 1 aliphatic rings. The molecule has 0 amide bonds. The third-order valence-corrected chi connectivity index (χ3v) is 5.96. The van der Waals surface area contributed by atoms with Gasteiger partial charge in [-0.25, -0.2) is 15.0 Å². The minimum atomic E-state index is 0.594. The van der Waals surface area contributed by atoms with Crippen molar-refractivity contribution in [2.75, 3.05) is 48.8 Å². The molecular formula is C20H25N7S. The molecule has 28 heavy (non-hydrogen) atoms. The fraction of sp³-hybridized carbons (Fsp3) is 0.350. The Morgan fingerprint density at radius 3 is 2.71 bits per heavy atom. The first kappa shape index (κ1) is 18.6. The number of nitrogens with one attached hydrogen (secondary N) is 3. The highest BCUT2D eigenvalue weighted by Gasteiger charge is 2.15. The number of nitrogens with zero attached hydrogens (tertiary/aromatic N) is 4. The fourth-order valence-corrected chi connectivity index (χ4v) is 4.26. The summed E-state index contributed by atoms with van der Waals surface area (Å²) in [6.45, 7) is 8.12. The molecule has 3 N–H and O–H groups in total. The molecule has 0 unspecified atom stereocenters. The summed E-state index contributed by atoms with van der Waals surface area (Å²) in [5, 5.41) is 10.8. The summed E-state index contributed by atoms with van der Waals surface area (Å²) in [4.78, 5) is 17.3. The van der Waals surface area contributed by atoms with Crippen LogP contribution in [-0.4, -0.2) is 48.2 Å². The maximum Gasteiger partial charge on any atom is 0.227 e. The molecule has 2 aromatic heterocycles. The van der Waals surface area contributed by atoms with Gasteiger partial charge in [-0.05, 0) is 37.6 Å². The summed E-state index contributed by atoms with van der Waals surface area (Å²) in [6, 6.07) is 8.43. The molecule has 1 fully saturated rings. The SMILES string of the molecule is CNc1nc(C)c(-c2nc(Nc3cccc(N4CCNCC4)c3)ncc2C)s1. The van der Waals surface area contributed by atoms with Crippen molar-refractivity contribution in [3.05, 3.63) is 41.7 Å². The zero-order valence-corrected chi connectivity index (χ0v) is 17.2. The summed E-state index contributed by atoms with van der Waals surface area (Å²) in [5.41, 5.74) is 5.14. The third-order valence-electron chi connectivity index (χ3n) is 4.78. The number of aromatic nitrogens is 3. The zero-order valence-electron chi connectivity index (χ0n) is 16.4. The van der Waals surface area contributed by atoms with E-state index in [1.165, 1.54) is 5.69 Å². The molecule has 0 radical (unpaired) electrons. The van der Waals surface area contributed by atoms with Gasteiger partial charge >= 0.3 is 0 Å². The highest BCUT2D eigenvalue weighted by atomic mass is 32.1. The number of rotatable bonds is 5. The van der Waals surface area contributed by atoms with E-state index >= 15 is 0 Å². The van der Waals surface area contributed by atoms with E-state index < -0.39 is 0 Å². The average Bonchev–Trinajstić information content (AvgIpc) is 3.11. The largest absolute Gasteiger partial charge is 0.369 e. The second-order valence-corrected chi connectivity index (χ2v) is 7.82. The molecule has 0 atom stereocenters. The van der Waals surface area contributed by atoms with Crippen molar-refractivity contribution in [1.29, 1.82) is 0 Å². The summed E-state index contributed by atoms with van der Waals surface area (Å²) < 4.78 is 0. The first-order valence-corrected chi connectivity index (χ1v) is 10.3. The Labute approximate surface area is 169 Å². The predicted octanol–water partition coefficient (Wildman–Crippen LogP) is 3.41. The molecule has 0 aliphatic carbocycles. The third kappa shape index (κ3) is 3.93. The minimum Gasteiger partial charge on any atom is -0.369 e. The number of thiazole rings is 1. The molecule has 8 heteroatoms.